The molecule has 0 aliphatic heterocycles. The van der Waals surface area contributed by atoms with Crippen LogP contribution in [0.2, 0.25) is 0 Å². The second-order valence-corrected chi connectivity index (χ2v) is 10.7. The van der Waals surface area contributed by atoms with E-state index in [0.29, 0.717) is 0 Å². The van der Waals surface area contributed by atoms with Gasteiger partial charge in [-0.2, -0.15) is 0 Å². The third kappa shape index (κ3) is 7.57. The van der Waals surface area contributed by atoms with Crippen molar-refractivity contribution in [2.45, 2.75) is 84.0 Å². The first-order valence-electron chi connectivity index (χ1n) is 11.5. The summed E-state index contributed by atoms with van der Waals surface area (Å²) in [6.45, 7) is 2.29. The molecule has 3 rings (SSSR count). The monoisotopic (exact) mass is 470 g/mol. The summed E-state index contributed by atoms with van der Waals surface area (Å²) in [5.74, 6) is 0. The fourth-order valence-electron chi connectivity index (χ4n) is 4.04. The molecule has 0 radical (unpaired) electrons. The van der Waals surface area contributed by atoms with Crippen molar-refractivity contribution in [2.75, 3.05) is 0 Å². The second-order valence-electron chi connectivity index (χ2n) is 8.29. The zero-order valence-electron chi connectivity index (χ0n) is 17.9. The zero-order valence-corrected chi connectivity index (χ0v) is 20.3. The molecule has 29 heavy (non-hydrogen) atoms. The van der Waals surface area contributed by atoms with Crippen LogP contribution in [0.25, 0.3) is 21.2 Å². The number of aryl methyl sites for hydroxylation is 1. The average molecular weight is 472 g/mol. The lowest BCUT2D eigenvalue weighted by Gasteiger charge is -2.06. The highest BCUT2D eigenvalue weighted by Gasteiger charge is 2.03. The Morgan fingerprint density at radius 2 is 1.24 bits per heavy atom. The topological polar surface area (TPSA) is 0 Å². The molecule has 3 aromatic rings. The third-order valence-corrected chi connectivity index (χ3v) is 7.45. The van der Waals surface area contributed by atoms with Gasteiger partial charge in [-0.05, 0) is 63.0 Å². The van der Waals surface area contributed by atoms with E-state index in [2.05, 4.69) is 71.4 Å². The molecule has 2 aromatic carbocycles. The van der Waals surface area contributed by atoms with Crippen LogP contribution < -0.4 is 0 Å². The van der Waals surface area contributed by atoms with Crippen LogP contribution in [0.5, 0.6) is 0 Å². The van der Waals surface area contributed by atoms with Gasteiger partial charge in [0, 0.05) is 4.70 Å². The number of hydrogen-bond donors (Lipinski definition) is 0. The van der Waals surface area contributed by atoms with Gasteiger partial charge in [-0.15, -0.1) is 11.3 Å². The van der Waals surface area contributed by atoms with Crippen molar-refractivity contribution in [2.24, 2.45) is 0 Å². The molecule has 0 aliphatic carbocycles. The van der Waals surface area contributed by atoms with E-state index in [0.717, 1.165) is 0 Å². The van der Waals surface area contributed by atoms with Crippen molar-refractivity contribution in [1.29, 1.82) is 0 Å². The molecule has 0 nitrogen and oxygen atoms in total. The van der Waals surface area contributed by atoms with Crippen LogP contribution in [0, 0.1) is 0 Å². The van der Waals surface area contributed by atoms with E-state index in [1.165, 1.54) is 108 Å². The lowest BCUT2D eigenvalue weighted by Crippen LogP contribution is -1.87. The highest BCUT2D eigenvalue weighted by Crippen LogP contribution is 2.33. The van der Waals surface area contributed by atoms with Gasteiger partial charge in [0.25, 0.3) is 0 Å². The second kappa shape index (κ2) is 12.5. The molecule has 0 N–H and O–H groups in total. The number of benzene rings is 2. The lowest BCUT2D eigenvalue weighted by molar-refractivity contribution is 0.549. The summed E-state index contributed by atoms with van der Waals surface area (Å²) in [7, 11) is 0. The van der Waals surface area contributed by atoms with Gasteiger partial charge in [0.1, 0.15) is 0 Å². The first kappa shape index (κ1) is 22.6. The van der Waals surface area contributed by atoms with Crippen LogP contribution in [0.15, 0.2) is 52.3 Å². The minimum Gasteiger partial charge on any atom is -0.128 e. The minimum atomic E-state index is 1.20. The van der Waals surface area contributed by atoms with Gasteiger partial charge in [0.05, 0.1) is 3.79 Å². The average Bonchev–Trinajstić information content (AvgIpc) is 3.11. The summed E-state index contributed by atoms with van der Waals surface area (Å²) >= 11 is 5.40. The molecule has 0 bridgehead atoms. The molecular weight excluding hydrogens is 436 g/mol. The maximum absolute atomic E-state index is 3.59. The largest absolute Gasteiger partial charge is 0.128 e. The normalized spacial score (nSPS) is 11.4. The van der Waals surface area contributed by atoms with Gasteiger partial charge in [0.15, 0.2) is 0 Å². The Hall–Kier alpha value is -1.12. The Morgan fingerprint density at radius 3 is 1.90 bits per heavy atom. The Morgan fingerprint density at radius 1 is 0.655 bits per heavy atom. The van der Waals surface area contributed by atoms with Gasteiger partial charge in [-0.3, -0.25) is 0 Å². The van der Waals surface area contributed by atoms with Crippen molar-refractivity contribution in [3.05, 3.63) is 57.9 Å². The predicted octanol–water partition coefficient (Wildman–Crippen LogP) is 10.2. The maximum atomic E-state index is 3.59. The molecule has 0 saturated heterocycles. The summed E-state index contributed by atoms with van der Waals surface area (Å²) in [6.07, 6.45) is 16.7. The van der Waals surface area contributed by atoms with Gasteiger partial charge >= 0.3 is 0 Å². The highest BCUT2D eigenvalue weighted by atomic mass is 79.9. The molecule has 0 spiro atoms. The molecule has 0 saturated carbocycles. The third-order valence-electron chi connectivity index (χ3n) is 5.85. The van der Waals surface area contributed by atoms with E-state index in [4.69, 9.17) is 0 Å². The number of thiophene rings is 1. The zero-order chi connectivity index (χ0) is 20.3. The smallest absolute Gasteiger partial charge is 0.0711 e. The quantitative estimate of drug-likeness (QED) is 0.218. The number of rotatable bonds is 13. The van der Waals surface area contributed by atoms with Crippen molar-refractivity contribution in [3.63, 3.8) is 0 Å². The summed E-state index contributed by atoms with van der Waals surface area (Å²) in [5.41, 5.74) is 4.11. The molecule has 1 aromatic heterocycles. The Bertz CT molecular complexity index is 847. The molecule has 0 amide bonds. The van der Waals surface area contributed by atoms with Crippen molar-refractivity contribution in [3.8, 4) is 11.1 Å². The molecule has 156 valence electrons. The van der Waals surface area contributed by atoms with Gasteiger partial charge in [-0.25, -0.2) is 0 Å². The molecule has 0 fully saturated rings. The van der Waals surface area contributed by atoms with E-state index >= 15 is 0 Å². The Labute approximate surface area is 189 Å². The lowest BCUT2D eigenvalue weighted by atomic mass is 10.00. The molecule has 2 heteroatoms. The summed E-state index contributed by atoms with van der Waals surface area (Å²) < 4.78 is 2.55. The van der Waals surface area contributed by atoms with Crippen LogP contribution in [0.4, 0.5) is 0 Å². The fraction of sp³-hybridized carbons (Fsp3) is 0.481. The van der Waals surface area contributed by atoms with Gasteiger partial charge in [0.2, 0.25) is 0 Å². The molecule has 0 unspecified atom stereocenters. The number of hydrogen-bond acceptors (Lipinski definition) is 1. The standard InChI is InChI=1S/C27H35BrS/c1-2-3-4-5-6-7-8-9-10-11-12-13-22-14-16-23(17-15-22)24-18-19-25-21-27(28)29-26(25)20-24/h14-21H,2-13H2,1H3. The SMILES string of the molecule is CCCCCCCCCCCCCc1ccc(-c2ccc3cc(Br)sc3c2)cc1. The van der Waals surface area contributed by atoms with E-state index in [1.807, 2.05) is 0 Å². The van der Waals surface area contributed by atoms with E-state index in [-0.39, 0.29) is 0 Å². The number of halogens is 1. The van der Waals surface area contributed by atoms with Gasteiger partial charge < -0.3 is 0 Å². The molecule has 0 atom stereocenters. The molecular formula is C27H35BrS. The van der Waals surface area contributed by atoms with Crippen LogP contribution >= 0.6 is 27.3 Å². The van der Waals surface area contributed by atoms with E-state index < -0.39 is 0 Å². The van der Waals surface area contributed by atoms with Gasteiger partial charge in [-0.1, -0.05) is 108 Å². The highest BCUT2D eigenvalue weighted by molar-refractivity contribution is 9.11. The minimum absolute atomic E-state index is 1.20. The van der Waals surface area contributed by atoms with Crippen LogP contribution in [0.3, 0.4) is 0 Å². The first-order chi connectivity index (χ1) is 14.3. The Kier molecular flexibility index (Phi) is 9.76. The summed E-state index contributed by atoms with van der Waals surface area (Å²) in [6, 6.07) is 18.2. The van der Waals surface area contributed by atoms with E-state index in [9.17, 15) is 0 Å². The van der Waals surface area contributed by atoms with Crippen molar-refractivity contribution in [1.82, 2.24) is 0 Å². The van der Waals surface area contributed by atoms with Crippen LogP contribution in [0.1, 0.15) is 83.1 Å². The van der Waals surface area contributed by atoms with Crippen LogP contribution in [-0.4, -0.2) is 0 Å². The molecule has 0 aliphatic rings. The summed E-state index contributed by atoms with van der Waals surface area (Å²) in [5, 5.41) is 1.32. The van der Waals surface area contributed by atoms with E-state index in [1.54, 1.807) is 11.3 Å². The van der Waals surface area contributed by atoms with Crippen molar-refractivity contribution >= 4 is 37.4 Å². The first-order valence-corrected chi connectivity index (χ1v) is 13.2. The van der Waals surface area contributed by atoms with Crippen molar-refractivity contribution < 1.29 is 0 Å². The number of unbranched alkanes of at least 4 members (excludes halogenated alkanes) is 10. The molecule has 1 heterocycles. The summed E-state index contributed by atoms with van der Waals surface area (Å²) in [4.78, 5) is 0. The van der Waals surface area contributed by atoms with Crippen LogP contribution in [-0.2, 0) is 6.42 Å². The fourth-order valence-corrected chi connectivity index (χ4v) is 5.63. The number of fused-ring (bicyclic) bond motifs is 1. The maximum Gasteiger partial charge on any atom is 0.0711 e. The Balaban J connectivity index is 1.33. The predicted molar refractivity (Wildman–Crippen MR) is 135 cm³/mol.